The minimum Gasteiger partial charge on any atom is -0.450 e. The van der Waals surface area contributed by atoms with Gasteiger partial charge in [0.1, 0.15) is 0 Å². The Morgan fingerprint density at radius 1 is 1.03 bits per heavy atom. The number of anilines is 1. The molecule has 1 aliphatic heterocycles. The zero-order valence-electron chi connectivity index (χ0n) is 19.4. The molecule has 0 atom stereocenters. The molecule has 1 aromatic heterocycles. The normalized spacial score (nSPS) is 14.5. The molecule has 2 heterocycles. The summed E-state index contributed by atoms with van der Waals surface area (Å²) >= 11 is 1.32. The number of amides is 2. The summed E-state index contributed by atoms with van der Waals surface area (Å²) in [7, 11) is -3.74. The van der Waals surface area contributed by atoms with Crippen molar-refractivity contribution < 1.29 is 22.7 Å². The number of carbonyl (C=O) groups excluding carboxylic acids is 2. The first-order valence-electron chi connectivity index (χ1n) is 11.1. The van der Waals surface area contributed by atoms with E-state index in [9.17, 15) is 18.0 Å². The Labute approximate surface area is 208 Å². The standard InChI is InChI=1S/C24H26N4O5S2/c1-3-33-24(30)27-12-14-28(15-13-27)35(31,32)20-10-8-19(9-11-20)22(29)26-23-25-21(16-34-23)18-6-4-17(2)5-7-18/h4-11,16H,3,12-15H2,1-2H3,(H,25,26,29). The number of aromatic nitrogens is 1. The molecule has 2 aromatic carbocycles. The van der Waals surface area contributed by atoms with Crippen LogP contribution in [0.4, 0.5) is 9.93 Å². The lowest BCUT2D eigenvalue weighted by Gasteiger charge is -2.33. The van der Waals surface area contributed by atoms with Crippen LogP contribution >= 0.6 is 11.3 Å². The number of rotatable bonds is 6. The topological polar surface area (TPSA) is 109 Å². The number of aryl methyl sites for hydroxylation is 1. The molecule has 3 aromatic rings. The van der Waals surface area contributed by atoms with E-state index in [0.717, 1.165) is 16.8 Å². The Morgan fingerprint density at radius 2 is 1.69 bits per heavy atom. The fourth-order valence-electron chi connectivity index (χ4n) is 3.61. The Kier molecular flexibility index (Phi) is 7.48. The van der Waals surface area contributed by atoms with E-state index in [1.165, 1.54) is 44.8 Å². The van der Waals surface area contributed by atoms with Crippen molar-refractivity contribution in [2.45, 2.75) is 18.7 Å². The Bertz CT molecular complexity index is 1300. The first kappa shape index (κ1) is 24.8. The number of hydrogen-bond donors (Lipinski definition) is 1. The van der Waals surface area contributed by atoms with E-state index in [-0.39, 0.29) is 43.6 Å². The highest BCUT2D eigenvalue weighted by Gasteiger charge is 2.30. The monoisotopic (exact) mass is 514 g/mol. The number of thiazole rings is 1. The summed E-state index contributed by atoms with van der Waals surface area (Å²) in [6, 6.07) is 13.8. The second-order valence-electron chi connectivity index (χ2n) is 7.97. The van der Waals surface area contributed by atoms with Crippen LogP contribution in [-0.4, -0.2) is 67.4 Å². The first-order valence-corrected chi connectivity index (χ1v) is 13.5. The van der Waals surface area contributed by atoms with Gasteiger partial charge in [0.2, 0.25) is 10.0 Å². The van der Waals surface area contributed by atoms with Crippen molar-refractivity contribution in [1.82, 2.24) is 14.2 Å². The molecule has 4 rings (SSSR count). The zero-order chi connectivity index (χ0) is 25.0. The van der Waals surface area contributed by atoms with Gasteiger partial charge >= 0.3 is 6.09 Å². The molecule has 0 saturated carbocycles. The first-order chi connectivity index (χ1) is 16.8. The van der Waals surface area contributed by atoms with Gasteiger partial charge < -0.3 is 9.64 Å². The molecule has 1 N–H and O–H groups in total. The number of nitrogens with one attached hydrogen (secondary N) is 1. The van der Waals surface area contributed by atoms with Gasteiger partial charge in [-0.15, -0.1) is 11.3 Å². The predicted octanol–water partition coefficient (Wildman–Crippen LogP) is 3.83. The summed E-state index contributed by atoms with van der Waals surface area (Å²) in [4.78, 5) is 30.6. The molecular formula is C24H26N4O5S2. The second-order valence-corrected chi connectivity index (χ2v) is 10.8. The van der Waals surface area contributed by atoms with Gasteiger partial charge in [-0.2, -0.15) is 4.31 Å². The quantitative estimate of drug-likeness (QED) is 0.536. The smallest absolute Gasteiger partial charge is 0.409 e. The van der Waals surface area contributed by atoms with Crippen LogP contribution in [0.25, 0.3) is 11.3 Å². The van der Waals surface area contributed by atoms with Gasteiger partial charge in [0.05, 0.1) is 17.2 Å². The van der Waals surface area contributed by atoms with Crippen LogP contribution in [0.3, 0.4) is 0 Å². The molecule has 9 nitrogen and oxygen atoms in total. The van der Waals surface area contributed by atoms with E-state index in [1.54, 1.807) is 6.92 Å². The van der Waals surface area contributed by atoms with Gasteiger partial charge in [-0.1, -0.05) is 29.8 Å². The van der Waals surface area contributed by atoms with Crippen molar-refractivity contribution in [3.63, 3.8) is 0 Å². The largest absolute Gasteiger partial charge is 0.450 e. The van der Waals surface area contributed by atoms with Crippen LogP contribution in [0.1, 0.15) is 22.8 Å². The lowest BCUT2D eigenvalue weighted by molar-refractivity contribution is 0.0933. The fraction of sp³-hybridized carbons (Fsp3) is 0.292. The van der Waals surface area contributed by atoms with E-state index >= 15 is 0 Å². The van der Waals surface area contributed by atoms with Crippen LogP contribution in [0.15, 0.2) is 58.8 Å². The fourth-order valence-corrected chi connectivity index (χ4v) is 5.75. The van der Waals surface area contributed by atoms with Crippen LogP contribution in [0.2, 0.25) is 0 Å². The van der Waals surface area contributed by atoms with Crippen molar-refractivity contribution in [3.8, 4) is 11.3 Å². The summed E-state index contributed by atoms with van der Waals surface area (Å²) in [6.07, 6.45) is -0.439. The van der Waals surface area contributed by atoms with Gasteiger partial charge in [0.25, 0.3) is 5.91 Å². The lowest BCUT2D eigenvalue weighted by Crippen LogP contribution is -2.50. The number of ether oxygens (including phenoxy) is 1. The highest BCUT2D eigenvalue weighted by atomic mass is 32.2. The van der Waals surface area contributed by atoms with E-state index in [2.05, 4.69) is 10.3 Å². The van der Waals surface area contributed by atoms with E-state index in [1.807, 2.05) is 36.6 Å². The van der Waals surface area contributed by atoms with Gasteiger partial charge in [-0.3, -0.25) is 10.1 Å². The zero-order valence-corrected chi connectivity index (χ0v) is 21.1. The third-order valence-corrected chi connectivity index (χ3v) is 8.26. The summed E-state index contributed by atoms with van der Waals surface area (Å²) in [5.74, 6) is -0.373. The predicted molar refractivity (Wildman–Crippen MR) is 134 cm³/mol. The molecule has 184 valence electrons. The molecule has 0 unspecified atom stereocenters. The average molecular weight is 515 g/mol. The number of hydrogen-bond acceptors (Lipinski definition) is 7. The summed E-state index contributed by atoms with van der Waals surface area (Å²) in [5, 5.41) is 5.10. The number of piperazine rings is 1. The van der Waals surface area contributed by atoms with Gasteiger partial charge in [0.15, 0.2) is 5.13 Å². The Morgan fingerprint density at radius 3 is 2.31 bits per heavy atom. The molecular weight excluding hydrogens is 488 g/mol. The highest BCUT2D eigenvalue weighted by molar-refractivity contribution is 7.89. The third kappa shape index (κ3) is 5.69. The number of sulfonamides is 1. The molecule has 1 fully saturated rings. The van der Waals surface area contributed by atoms with Crippen LogP contribution in [0, 0.1) is 6.92 Å². The SMILES string of the molecule is CCOC(=O)N1CCN(S(=O)(=O)c2ccc(C(=O)Nc3nc(-c4ccc(C)cc4)cs3)cc2)CC1. The lowest BCUT2D eigenvalue weighted by atomic mass is 10.1. The number of carbonyl (C=O) groups is 2. The van der Waals surface area contributed by atoms with Crippen molar-refractivity contribution in [2.24, 2.45) is 0 Å². The average Bonchev–Trinajstić information content (AvgIpc) is 3.33. The molecule has 0 aliphatic carbocycles. The van der Waals surface area contributed by atoms with Crippen molar-refractivity contribution in [2.75, 3.05) is 38.1 Å². The summed E-state index contributed by atoms with van der Waals surface area (Å²) < 4.78 is 32.3. The maximum absolute atomic E-state index is 13.0. The third-order valence-electron chi connectivity index (χ3n) is 5.59. The minimum absolute atomic E-state index is 0.0922. The highest BCUT2D eigenvalue weighted by Crippen LogP contribution is 2.26. The summed E-state index contributed by atoms with van der Waals surface area (Å²) in [6.45, 7) is 4.89. The van der Waals surface area contributed by atoms with Crippen LogP contribution < -0.4 is 5.32 Å². The molecule has 0 spiro atoms. The molecule has 0 bridgehead atoms. The van der Waals surface area contributed by atoms with Crippen molar-refractivity contribution in [1.29, 1.82) is 0 Å². The second kappa shape index (κ2) is 10.5. The number of benzene rings is 2. The molecule has 1 aliphatic rings. The van der Waals surface area contributed by atoms with Crippen LogP contribution in [0.5, 0.6) is 0 Å². The number of nitrogens with zero attached hydrogens (tertiary/aromatic N) is 3. The molecule has 2 amide bonds. The Balaban J connectivity index is 1.38. The maximum atomic E-state index is 13.0. The summed E-state index contributed by atoms with van der Waals surface area (Å²) in [5.41, 5.74) is 3.21. The minimum atomic E-state index is -3.74. The maximum Gasteiger partial charge on any atom is 0.409 e. The van der Waals surface area contributed by atoms with E-state index < -0.39 is 16.1 Å². The molecule has 35 heavy (non-hydrogen) atoms. The van der Waals surface area contributed by atoms with E-state index in [4.69, 9.17) is 4.74 Å². The van der Waals surface area contributed by atoms with Crippen molar-refractivity contribution >= 4 is 38.5 Å². The van der Waals surface area contributed by atoms with Crippen LogP contribution in [-0.2, 0) is 14.8 Å². The van der Waals surface area contributed by atoms with Gasteiger partial charge in [0, 0.05) is 42.7 Å². The van der Waals surface area contributed by atoms with Crippen molar-refractivity contribution in [3.05, 3.63) is 65.0 Å². The van der Waals surface area contributed by atoms with E-state index in [0.29, 0.717) is 10.7 Å². The molecule has 1 saturated heterocycles. The molecule has 0 radical (unpaired) electrons. The molecule has 11 heteroatoms. The van der Waals surface area contributed by atoms with Gasteiger partial charge in [-0.05, 0) is 38.1 Å². The van der Waals surface area contributed by atoms with Gasteiger partial charge in [-0.25, -0.2) is 18.2 Å². The Hall–Kier alpha value is -3.28.